The van der Waals surface area contributed by atoms with E-state index in [-0.39, 0.29) is 12.5 Å². The number of halogens is 3. The third-order valence-corrected chi connectivity index (χ3v) is 4.35. The van der Waals surface area contributed by atoms with E-state index in [1.807, 2.05) is 0 Å². The molecule has 122 valence electrons. The molecule has 0 saturated carbocycles. The molecule has 8 heteroatoms. The molecule has 0 atom stereocenters. The van der Waals surface area contributed by atoms with Gasteiger partial charge in [-0.3, -0.25) is 4.79 Å². The lowest BCUT2D eigenvalue weighted by molar-refractivity contribution is -0.906. The monoisotopic (exact) mass is 367 g/mol. The van der Waals surface area contributed by atoms with Crippen LogP contribution < -0.4 is 15.0 Å². The van der Waals surface area contributed by atoms with E-state index in [9.17, 15) is 4.79 Å². The van der Waals surface area contributed by atoms with E-state index in [0.29, 0.717) is 27.4 Å². The molecular weight excluding hydrogens is 351 g/mol. The van der Waals surface area contributed by atoms with Gasteiger partial charge in [-0.1, -0.05) is 34.8 Å². The van der Waals surface area contributed by atoms with Crippen LogP contribution in [0.5, 0.6) is 5.75 Å². The average molecular weight is 369 g/mol. The highest BCUT2D eigenvalue weighted by Gasteiger charge is 2.14. The van der Waals surface area contributed by atoms with Gasteiger partial charge in [-0.15, -0.1) is 0 Å². The topological polar surface area (TPSA) is 52.0 Å². The number of hydrogen-bond acceptors (Lipinski definition) is 3. The van der Waals surface area contributed by atoms with Crippen molar-refractivity contribution in [3.63, 3.8) is 0 Å². The molecule has 0 spiro atoms. The molecule has 22 heavy (non-hydrogen) atoms. The van der Waals surface area contributed by atoms with E-state index in [2.05, 4.69) is 5.32 Å². The maximum atomic E-state index is 11.7. The van der Waals surface area contributed by atoms with Gasteiger partial charge in [0.05, 0.1) is 41.4 Å². The number of amides is 1. The molecule has 1 aromatic rings. The van der Waals surface area contributed by atoms with Gasteiger partial charge in [0.1, 0.15) is 18.8 Å². The number of rotatable bonds is 6. The molecule has 1 aromatic carbocycles. The van der Waals surface area contributed by atoms with E-state index in [4.69, 9.17) is 44.3 Å². The summed E-state index contributed by atoms with van der Waals surface area (Å²) >= 11 is 17.7. The van der Waals surface area contributed by atoms with Crippen molar-refractivity contribution < 1.29 is 19.2 Å². The fourth-order valence-electron chi connectivity index (χ4n) is 2.10. The summed E-state index contributed by atoms with van der Waals surface area (Å²) in [4.78, 5) is 13.2. The zero-order chi connectivity index (χ0) is 15.9. The van der Waals surface area contributed by atoms with Crippen LogP contribution >= 0.6 is 34.8 Å². The second kappa shape index (κ2) is 8.79. The highest BCUT2D eigenvalue weighted by atomic mass is 35.5. The first kappa shape index (κ1) is 17.6. The second-order valence-corrected chi connectivity index (χ2v) is 6.17. The van der Waals surface area contributed by atoms with Gasteiger partial charge in [0.15, 0.2) is 6.61 Å². The minimum atomic E-state index is -0.199. The quantitative estimate of drug-likeness (QED) is 0.738. The lowest BCUT2D eigenvalue weighted by Gasteiger charge is -2.23. The minimum absolute atomic E-state index is 0.115. The van der Waals surface area contributed by atoms with Crippen molar-refractivity contribution in [1.29, 1.82) is 0 Å². The summed E-state index contributed by atoms with van der Waals surface area (Å²) in [6.45, 7) is 4.88. The van der Waals surface area contributed by atoms with Crippen LogP contribution in [0, 0.1) is 0 Å². The molecule has 1 aliphatic rings. The molecule has 1 fully saturated rings. The first-order valence-corrected chi connectivity index (χ1v) is 8.15. The van der Waals surface area contributed by atoms with E-state index in [1.54, 1.807) is 0 Å². The Kier molecular flexibility index (Phi) is 7.05. The van der Waals surface area contributed by atoms with E-state index in [0.717, 1.165) is 32.8 Å². The van der Waals surface area contributed by atoms with Crippen molar-refractivity contribution in [2.24, 2.45) is 0 Å². The van der Waals surface area contributed by atoms with Crippen LogP contribution in [0.2, 0.25) is 15.1 Å². The van der Waals surface area contributed by atoms with Crippen molar-refractivity contribution in [3.05, 3.63) is 27.2 Å². The van der Waals surface area contributed by atoms with E-state index >= 15 is 0 Å². The highest BCUT2D eigenvalue weighted by molar-refractivity contribution is 6.43. The Morgan fingerprint density at radius 2 is 1.86 bits per heavy atom. The van der Waals surface area contributed by atoms with Gasteiger partial charge in [0.2, 0.25) is 0 Å². The highest BCUT2D eigenvalue weighted by Crippen LogP contribution is 2.33. The van der Waals surface area contributed by atoms with Gasteiger partial charge in [-0.05, 0) is 6.07 Å². The van der Waals surface area contributed by atoms with Gasteiger partial charge >= 0.3 is 0 Å². The van der Waals surface area contributed by atoms with Gasteiger partial charge in [0, 0.05) is 6.07 Å². The molecule has 0 aromatic heterocycles. The van der Waals surface area contributed by atoms with Crippen LogP contribution in [0.3, 0.4) is 0 Å². The van der Waals surface area contributed by atoms with Crippen LogP contribution in [-0.2, 0) is 9.53 Å². The standard InChI is InChI=1S/C14H17Cl3N2O3/c15-10-7-12(17)13(8-11(10)16)22-9-14(20)18-1-2-19-3-5-21-6-4-19/h7-8H,1-6,9H2,(H,18,20)/p+1. The summed E-state index contributed by atoms with van der Waals surface area (Å²) in [7, 11) is 0. The van der Waals surface area contributed by atoms with Crippen LogP contribution in [0.1, 0.15) is 0 Å². The lowest BCUT2D eigenvalue weighted by atomic mass is 10.3. The van der Waals surface area contributed by atoms with Gasteiger partial charge in [0.25, 0.3) is 5.91 Å². The summed E-state index contributed by atoms with van der Waals surface area (Å²) in [5, 5.41) is 3.81. The lowest BCUT2D eigenvalue weighted by Crippen LogP contribution is -3.14. The molecular formula is C14H18Cl3N2O3+. The molecule has 2 rings (SSSR count). The average Bonchev–Trinajstić information content (AvgIpc) is 2.50. The summed E-state index contributed by atoms with van der Waals surface area (Å²) in [6, 6.07) is 2.98. The van der Waals surface area contributed by atoms with Gasteiger partial charge < -0.3 is 19.7 Å². The zero-order valence-corrected chi connectivity index (χ0v) is 14.2. The largest absolute Gasteiger partial charge is 0.482 e. The number of carbonyl (C=O) groups excluding carboxylic acids is 1. The first-order chi connectivity index (χ1) is 10.6. The Morgan fingerprint density at radius 3 is 2.59 bits per heavy atom. The van der Waals surface area contributed by atoms with Crippen molar-refractivity contribution in [3.8, 4) is 5.75 Å². The third kappa shape index (κ3) is 5.48. The Labute approximate surface area is 144 Å². The molecule has 5 nitrogen and oxygen atoms in total. The summed E-state index contributed by atoms with van der Waals surface area (Å²) < 4.78 is 10.6. The molecule has 1 saturated heterocycles. The molecule has 0 unspecified atom stereocenters. The smallest absolute Gasteiger partial charge is 0.258 e. The Bertz CT molecular complexity index is 522. The van der Waals surface area contributed by atoms with E-state index < -0.39 is 0 Å². The second-order valence-electron chi connectivity index (χ2n) is 4.95. The zero-order valence-electron chi connectivity index (χ0n) is 12.0. The fraction of sp³-hybridized carbons (Fsp3) is 0.500. The Hall–Kier alpha value is -0.720. The Balaban J connectivity index is 1.70. The first-order valence-electron chi connectivity index (χ1n) is 7.01. The molecule has 0 bridgehead atoms. The summed E-state index contributed by atoms with van der Waals surface area (Å²) in [5.41, 5.74) is 0. The molecule has 0 radical (unpaired) electrons. The molecule has 0 aliphatic carbocycles. The van der Waals surface area contributed by atoms with Crippen molar-refractivity contribution in [2.45, 2.75) is 0 Å². The Morgan fingerprint density at radius 1 is 1.18 bits per heavy atom. The van der Waals surface area contributed by atoms with Gasteiger partial charge in [-0.2, -0.15) is 0 Å². The number of morpholine rings is 1. The molecule has 1 heterocycles. The van der Waals surface area contributed by atoms with Crippen molar-refractivity contribution in [2.75, 3.05) is 46.0 Å². The molecule has 1 aliphatic heterocycles. The normalized spacial score (nSPS) is 15.6. The maximum Gasteiger partial charge on any atom is 0.258 e. The van der Waals surface area contributed by atoms with Crippen LogP contribution in [0.25, 0.3) is 0 Å². The third-order valence-electron chi connectivity index (χ3n) is 3.33. The van der Waals surface area contributed by atoms with Crippen LogP contribution in [-0.4, -0.2) is 51.9 Å². The maximum absolute atomic E-state index is 11.7. The van der Waals surface area contributed by atoms with Crippen molar-refractivity contribution in [1.82, 2.24) is 5.32 Å². The number of hydrogen-bond donors (Lipinski definition) is 2. The fourth-order valence-corrected chi connectivity index (χ4v) is 2.69. The number of nitrogens with one attached hydrogen (secondary N) is 2. The molecule has 1 amide bonds. The van der Waals surface area contributed by atoms with Crippen molar-refractivity contribution >= 4 is 40.7 Å². The van der Waals surface area contributed by atoms with Gasteiger partial charge in [-0.25, -0.2) is 0 Å². The summed E-state index contributed by atoms with van der Waals surface area (Å²) in [6.07, 6.45) is 0. The number of ether oxygens (including phenoxy) is 2. The van der Waals surface area contributed by atoms with Crippen LogP contribution in [0.4, 0.5) is 0 Å². The minimum Gasteiger partial charge on any atom is -0.482 e. The predicted molar refractivity (Wildman–Crippen MR) is 86.4 cm³/mol. The van der Waals surface area contributed by atoms with E-state index in [1.165, 1.54) is 17.0 Å². The predicted octanol–water partition coefficient (Wildman–Crippen LogP) is 1.06. The van der Waals surface area contributed by atoms with Crippen LogP contribution in [0.15, 0.2) is 12.1 Å². The number of benzene rings is 1. The summed E-state index contributed by atoms with van der Waals surface area (Å²) in [5.74, 6) is 0.139. The molecule has 2 N–H and O–H groups in total. The number of carbonyl (C=O) groups is 1. The number of quaternary nitrogens is 1. The SMILES string of the molecule is O=C(COc1cc(Cl)c(Cl)cc1Cl)NCC[NH+]1CCOCC1.